The van der Waals surface area contributed by atoms with Crippen molar-refractivity contribution in [1.82, 2.24) is 35.5 Å². The predicted octanol–water partition coefficient (Wildman–Crippen LogP) is 3.61. The molecule has 4 unspecified atom stereocenters. The fourth-order valence-electron chi connectivity index (χ4n) is 6.51. The lowest BCUT2D eigenvalue weighted by Gasteiger charge is -2.27. The zero-order valence-electron chi connectivity index (χ0n) is 24.9. The van der Waals surface area contributed by atoms with Gasteiger partial charge in [-0.3, -0.25) is 14.6 Å². The van der Waals surface area contributed by atoms with Gasteiger partial charge in [-0.25, -0.2) is 4.68 Å². The highest BCUT2D eigenvalue weighted by molar-refractivity contribution is 5.91. The van der Waals surface area contributed by atoms with Gasteiger partial charge in [-0.1, -0.05) is 29.5 Å². The Morgan fingerprint density at radius 2 is 1.87 bits per heavy atom. The smallest absolute Gasteiger partial charge is 0.433 e. The summed E-state index contributed by atoms with van der Waals surface area (Å²) in [6.45, 7) is 0.812. The van der Waals surface area contributed by atoms with E-state index in [2.05, 4.69) is 25.9 Å². The largest absolute Gasteiger partial charge is 0.497 e. The zero-order chi connectivity index (χ0) is 31.7. The minimum atomic E-state index is -4.59. The highest BCUT2D eigenvalue weighted by atomic mass is 19.4. The van der Waals surface area contributed by atoms with Gasteiger partial charge in [-0.2, -0.15) is 13.2 Å². The minimum absolute atomic E-state index is 0.0152. The van der Waals surface area contributed by atoms with Crippen molar-refractivity contribution in [2.24, 2.45) is 13.0 Å². The second-order valence-electron chi connectivity index (χ2n) is 11.7. The molecule has 10 nitrogen and oxygen atoms in total. The number of halogens is 3. The fourth-order valence-corrected chi connectivity index (χ4v) is 6.51. The second kappa shape index (κ2) is 12.5. The average molecular weight is 622 g/mol. The molecule has 13 heteroatoms. The number of likely N-dealkylation sites (tertiary alicyclic amines) is 1. The third-order valence-corrected chi connectivity index (χ3v) is 8.77. The van der Waals surface area contributed by atoms with Crippen molar-refractivity contribution in [3.05, 3.63) is 83.2 Å². The lowest BCUT2D eigenvalue weighted by atomic mass is 9.94. The molecule has 4 heterocycles. The van der Waals surface area contributed by atoms with E-state index in [9.17, 15) is 22.8 Å². The molecule has 0 radical (unpaired) electrons. The first-order valence-corrected chi connectivity index (χ1v) is 14.9. The molecule has 2 amide bonds. The molecular formula is C32H34F3N7O3. The van der Waals surface area contributed by atoms with Gasteiger partial charge in [-0.15, -0.1) is 5.10 Å². The van der Waals surface area contributed by atoms with Crippen LogP contribution in [0.5, 0.6) is 5.75 Å². The van der Waals surface area contributed by atoms with Crippen molar-refractivity contribution >= 4 is 22.8 Å². The molecule has 6 rings (SSSR count). The second-order valence-corrected chi connectivity index (χ2v) is 11.7. The van der Waals surface area contributed by atoms with Crippen molar-refractivity contribution in [3.63, 3.8) is 0 Å². The molecule has 2 saturated heterocycles. The van der Waals surface area contributed by atoms with Gasteiger partial charge in [0.15, 0.2) is 0 Å². The van der Waals surface area contributed by atoms with Crippen molar-refractivity contribution in [1.29, 1.82) is 0 Å². The molecule has 4 atom stereocenters. The Morgan fingerprint density at radius 3 is 2.62 bits per heavy atom. The first-order valence-electron chi connectivity index (χ1n) is 14.9. The normalized spacial score (nSPS) is 21.8. The number of amides is 2. The van der Waals surface area contributed by atoms with Gasteiger partial charge in [0.2, 0.25) is 11.8 Å². The topological polar surface area (TPSA) is 114 Å². The number of hydrogen-bond acceptors (Lipinski definition) is 7. The number of carbonyl (C=O) groups excluding carboxylic acids is 2. The van der Waals surface area contributed by atoms with Crippen LogP contribution in [0.1, 0.15) is 41.1 Å². The summed E-state index contributed by atoms with van der Waals surface area (Å²) in [5.74, 6) is -0.344. The Kier molecular flexibility index (Phi) is 8.45. The van der Waals surface area contributed by atoms with Crippen LogP contribution < -0.4 is 15.4 Å². The molecule has 45 heavy (non-hydrogen) atoms. The third kappa shape index (κ3) is 6.48. The number of pyridine rings is 1. The van der Waals surface area contributed by atoms with Gasteiger partial charge in [0.1, 0.15) is 23.0 Å². The molecular weight excluding hydrogens is 587 g/mol. The molecule has 0 saturated carbocycles. The number of fused-ring (bicyclic) bond motifs is 1. The van der Waals surface area contributed by atoms with E-state index in [0.717, 1.165) is 28.6 Å². The van der Waals surface area contributed by atoms with Crippen molar-refractivity contribution in [3.8, 4) is 5.75 Å². The average Bonchev–Trinajstić information content (AvgIpc) is 3.79. The lowest BCUT2D eigenvalue weighted by molar-refractivity contribution is -0.142. The highest BCUT2D eigenvalue weighted by Gasteiger charge is 2.45. The van der Waals surface area contributed by atoms with Crippen LogP contribution in [0.25, 0.3) is 11.0 Å². The van der Waals surface area contributed by atoms with Crippen LogP contribution in [-0.2, 0) is 35.8 Å². The number of methoxy groups -OCH3 is 1. The Labute approximate surface area is 257 Å². The van der Waals surface area contributed by atoms with E-state index < -0.39 is 29.9 Å². The first kappa shape index (κ1) is 30.5. The summed E-state index contributed by atoms with van der Waals surface area (Å²) in [6, 6.07) is 14.8. The first-order chi connectivity index (χ1) is 21.6. The molecule has 236 valence electrons. The molecule has 0 spiro atoms. The van der Waals surface area contributed by atoms with Gasteiger partial charge in [0.05, 0.1) is 18.7 Å². The molecule has 2 fully saturated rings. The summed E-state index contributed by atoms with van der Waals surface area (Å²) < 4.78 is 47.9. The van der Waals surface area contributed by atoms with E-state index in [1.54, 1.807) is 23.7 Å². The molecule has 2 aromatic carbocycles. The number of aryl methyl sites for hydroxylation is 1. The van der Waals surface area contributed by atoms with Crippen LogP contribution in [0.4, 0.5) is 13.2 Å². The van der Waals surface area contributed by atoms with Gasteiger partial charge in [0, 0.05) is 38.8 Å². The molecule has 0 aliphatic carbocycles. The molecule has 2 aliphatic rings. The number of rotatable bonds is 8. The van der Waals surface area contributed by atoms with Gasteiger partial charge in [-0.05, 0) is 72.2 Å². The molecule has 0 bridgehead atoms. The van der Waals surface area contributed by atoms with Crippen LogP contribution in [-0.4, -0.2) is 69.0 Å². The van der Waals surface area contributed by atoms with Crippen molar-refractivity contribution < 1.29 is 27.5 Å². The van der Waals surface area contributed by atoms with E-state index >= 15 is 0 Å². The van der Waals surface area contributed by atoms with E-state index in [0.29, 0.717) is 24.9 Å². The van der Waals surface area contributed by atoms with Crippen LogP contribution in [0, 0.1) is 5.92 Å². The van der Waals surface area contributed by atoms with Gasteiger partial charge >= 0.3 is 6.18 Å². The van der Waals surface area contributed by atoms with Gasteiger partial charge < -0.3 is 20.3 Å². The third-order valence-electron chi connectivity index (χ3n) is 8.77. The Balaban J connectivity index is 1.18. The molecule has 2 N–H and O–H groups in total. The van der Waals surface area contributed by atoms with Crippen LogP contribution in [0.3, 0.4) is 0 Å². The number of nitrogens with one attached hydrogen (secondary N) is 2. The fraction of sp³-hybridized carbons (Fsp3) is 0.406. The summed E-state index contributed by atoms with van der Waals surface area (Å²) in [6.07, 6.45) is -2.17. The zero-order valence-corrected chi connectivity index (χ0v) is 24.9. The van der Waals surface area contributed by atoms with E-state index in [1.165, 1.54) is 12.1 Å². The summed E-state index contributed by atoms with van der Waals surface area (Å²) >= 11 is 0. The summed E-state index contributed by atoms with van der Waals surface area (Å²) in [4.78, 5) is 32.8. The Bertz CT molecular complexity index is 1690. The number of carbonyl (C=O) groups is 2. The van der Waals surface area contributed by atoms with Crippen LogP contribution in [0.15, 0.2) is 60.8 Å². The quantitative estimate of drug-likeness (QED) is 0.309. The monoisotopic (exact) mass is 621 g/mol. The Hall–Kier alpha value is -4.52. The standard InChI is InChI=1S/C32H34F3N7O3/c1-41-27-10-7-20(13-25(27)39-40-41)16-38-30(43)28-14-21(12-19-5-8-23(45-2)9-6-19)18-42(28)31(44)26-15-22(17-37-26)24-4-3-11-36-29(24)32(33,34)35/h3-11,13,21-22,26,28,37H,12,14-18H2,1-2H3,(H,38,43). The number of benzene rings is 2. The number of ether oxygens (including phenoxy) is 1. The van der Waals surface area contributed by atoms with Crippen LogP contribution >= 0.6 is 0 Å². The molecule has 2 aliphatic heterocycles. The maximum atomic E-state index is 13.9. The number of alkyl halides is 3. The van der Waals surface area contributed by atoms with E-state index in [4.69, 9.17) is 4.74 Å². The maximum Gasteiger partial charge on any atom is 0.433 e. The maximum absolute atomic E-state index is 13.9. The summed E-state index contributed by atoms with van der Waals surface area (Å²) in [5, 5.41) is 14.3. The lowest BCUT2D eigenvalue weighted by Crippen LogP contribution is -2.51. The number of aromatic nitrogens is 4. The predicted molar refractivity (Wildman–Crippen MR) is 159 cm³/mol. The molecule has 4 aromatic rings. The number of hydrogen-bond donors (Lipinski definition) is 2. The Morgan fingerprint density at radius 1 is 1.09 bits per heavy atom. The molecule has 2 aromatic heterocycles. The van der Waals surface area contributed by atoms with Crippen molar-refractivity contribution in [2.75, 3.05) is 20.2 Å². The van der Waals surface area contributed by atoms with E-state index in [-0.39, 0.29) is 42.8 Å². The summed E-state index contributed by atoms with van der Waals surface area (Å²) in [7, 11) is 3.40. The minimum Gasteiger partial charge on any atom is -0.497 e. The van der Waals surface area contributed by atoms with Crippen LogP contribution in [0.2, 0.25) is 0 Å². The summed E-state index contributed by atoms with van der Waals surface area (Å²) in [5.41, 5.74) is 2.63. The van der Waals surface area contributed by atoms with Crippen molar-refractivity contribution in [2.45, 2.75) is 50.0 Å². The SMILES string of the molecule is COc1ccc(CC2CC(C(=O)NCc3ccc4c(c3)nnn4C)N(C(=O)C3CC(c4cccnc4C(F)(F)F)CN3)C2)cc1. The van der Waals surface area contributed by atoms with Gasteiger partial charge in [0.25, 0.3) is 0 Å². The van der Waals surface area contributed by atoms with E-state index in [1.807, 2.05) is 42.5 Å². The highest BCUT2D eigenvalue weighted by Crippen LogP contribution is 2.37. The number of nitrogens with zero attached hydrogens (tertiary/aromatic N) is 5.